The molecule has 1 heterocycles. The van der Waals surface area contributed by atoms with Crippen molar-refractivity contribution in [3.63, 3.8) is 0 Å². The Hall–Kier alpha value is -3.12. The monoisotopic (exact) mass is 450 g/mol. The van der Waals surface area contributed by atoms with Crippen molar-refractivity contribution in [1.29, 1.82) is 0 Å². The molecule has 0 saturated carbocycles. The number of hydrogen-bond acceptors (Lipinski definition) is 3. The molecule has 4 rings (SSSR count). The highest BCUT2D eigenvalue weighted by atomic mass is 79.9. The molecule has 29 heavy (non-hydrogen) atoms. The SMILES string of the molecule is O=C(Nc1ccc2c(c1)N(CCc1ccccc1)C(=O)CO2)c1ccccc1Br. The fourth-order valence-electron chi connectivity index (χ4n) is 3.25. The van der Waals surface area contributed by atoms with Crippen LogP contribution in [0.25, 0.3) is 0 Å². The topological polar surface area (TPSA) is 58.6 Å². The van der Waals surface area contributed by atoms with Crippen LogP contribution in [0.4, 0.5) is 11.4 Å². The van der Waals surface area contributed by atoms with Crippen LogP contribution in [0.2, 0.25) is 0 Å². The molecule has 0 atom stereocenters. The van der Waals surface area contributed by atoms with Crippen LogP contribution in [0.15, 0.2) is 77.3 Å². The number of carbonyl (C=O) groups excluding carboxylic acids is 2. The number of benzene rings is 3. The normalized spacial score (nSPS) is 12.9. The maximum Gasteiger partial charge on any atom is 0.265 e. The van der Waals surface area contributed by atoms with Gasteiger partial charge in [-0.1, -0.05) is 42.5 Å². The first-order valence-electron chi connectivity index (χ1n) is 9.29. The van der Waals surface area contributed by atoms with Crippen molar-refractivity contribution < 1.29 is 14.3 Å². The van der Waals surface area contributed by atoms with Crippen LogP contribution in [0, 0.1) is 0 Å². The van der Waals surface area contributed by atoms with Gasteiger partial charge < -0.3 is 15.0 Å². The minimum absolute atomic E-state index is 0.0183. The van der Waals surface area contributed by atoms with Gasteiger partial charge in [-0.15, -0.1) is 0 Å². The highest BCUT2D eigenvalue weighted by molar-refractivity contribution is 9.10. The molecule has 0 saturated heterocycles. The maximum atomic E-state index is 12.6. The molecule has 3 aromatic rings. The first-order valence-corrected chi connectivity index (χ1v) is 10.1. The molecule has 1 aliphatic rings. The average molecular weight is 451 g/mol. The van der Waals surface area contributed by atoms with Crippen molar-refractivity contribution in [2.75, 3.05) is 23.4 Å². The van der Waals surface area contributed by atoms with Crippen molar-refractivity contribution in [2.45, 2.75) is 6.42 Å². The van der Waals surface area contributed by atoms with Crippen molar-refractivity contribution in [3.8, 4) is 5.75 Å². The van der Waals surface area contributed by atoms with Crippen molar-refractivity contribution >= 4 is 39.1 Å². The summed E-state index contributed by atoms with van der Waals surface area (Å²) < 4.78 is 6.29. The zero-order chi connectivity index (χ0) is 20.2. The van der Waals surface area contributed by atoms with Crippen molar-refractivity contribution in [2.24, 2.45) is 0 Å². The minimum atomic E-state index is -0.226. The van der Waals surface area contributed by atoms with Gasteiger partial charge in [0.1, 0.15) is 5.75 Å². The number of nitrogens with one attached hydrogen (secondary N) is 1. The summed E-state index contributed by atoms with van der Waals surface area (Å²) in [6, 6.07) is 22.6. The Labute approximate surface area is 177 Å². The molecule has 0 unspecified atom stereocenters. The van der Waals surface area contributed by atoms with Crippen LogP contribution < -0.4 is 15.0 Å². The maximum absolute atomic E-state index is 12.6. The molecule has 3 aromatic carbocycles. The number of carbonyl (C=O) groups is 2. The van der Waals surface area contributed by atoms with Gasteiger partial charge in [0.05, 0.1) is 11.3 Å². The van der Waals surface area contributed by atoms with E-state index in [9.17, 15) is 9.59 Å². The molecule has 5 nitrogen and oxygen atoms in total. The Bertz CT molecular complexity index is 1050. The number of nitrogens with zero attached hydrogens (tertiary/aromatic N) is 1. The third-order valence-corrected chi connectivity index (χ3v) is 5.44. The largest absolute Gasteiger partial charge is 0.482 e. The Morgan fingerprint density at radius 1 is 1.03 bits per heavy atom. The van der Waals surface area contributed by atoms with Gasteiger partial charge >= 0.3 is 0 Å². The van der Waals surface area contributed by atoms with E-state index in [4.69, 9.17) is 4.74 Å². The van der Waals surface area contributed by atoms with Crippen LogP contribution in [-0.2, 0) is 11.2 Å². The number of anilines is 2. The zero-order valence-electron chi connectivity index (χ0n) is 15.6. The van der Waals surface area contributed by atoms with Crippen LogP contribution in [0.3, 0.4) is 0 Å². The van der Waals surface area contributed by atoms with E-state index in [1.807, 2.05) is 48.5 Å². The molecule has 0 fully saturated rings. The fraction of sp³-hybridized carbons (Fsp3) is 0.130. The molecule has 2 amide bonds. The van der Waals surface area contributed by atoms with Crippen molar-refractivity contribution in [3.05, 3.63) is 88.4 Å². The minimum Gasteiger partial charge on any atom is -0.482 e. The summed E-state index contributed by atoms with van der Waals surface area (Å²) in [5, 5.41) is 2.90. The summed E-state index contributed by atoms with van der Waals surface area (Å²) in [5.41, 5.74) is 2.97. The molecule has 0 bridgehead atoms. The Balaban J connectivity index is 1.55. The summed E-state index contributed by atoms with van der Waals surface area (Å²) in [6.45, 7) is 0.561. The molecular formula is C23H19BrN2O3. The van der Waals surface area contributed by atoms with Gasteiger partial charge in [0.25, 0.3) is 11.8 Å². The van der Waals surface area contributed by atoms with E-state index in [0.29, 0.717) is 29.2 Å². The van der Waals surface area contributed by atoms with Gasteiger partial charge in [-0.3, -0.25) is 9.59 Å². The van der Waals surface area contributed by atoms with Gasteiger partial charge in [-0.25, -0.2) is 0 Å². The highest BCUT2D eigenvalue weighted by Crippen LogP contribution is 2.35. The van der Waals surface area contributed by atoms with E-state index in [2.05, 4.69) is 21.2 Å². The number of fused-ring (bicyclic) bond motifs is 1. The molecule has 1 N–H and O–H groups in total. The third kappa shape index (κ3) is 4.32. The van der Waals surface area contributed by atoms with Crippen LogP contribution in [0.5, 0.6) is 5.75 Å². The van der Waals surface area contributed by atoms with Gasteiger partial charge in [-0.05, 0) is 58.2 Å². The molecular weight excluding hydrogens is 432 g/mol. The smallest absolute Gasteiger partial charge is 0.265 e. The second-order valence-electron chi connectivity index (χ2n) is 6.69. The lowest BCUT2D eigenvalue weighted by molar-refractivity contribution is -0.121. The van der Waals surface area contributed by atoms with Crippen LogP contribution in [-0.4, -0.2) is 25.0 Å². The molecule has 146 valence electrons. The number of amides is 2. The summed E-state index contributed by atoms with van der Waals surface area (Å²) in [5.74, 6) is 0.315. The van der Waals surface area contributed by atoms with Gasteiger partial charge in [0, 0.05) is 16.7 Å². The molecule has 0 aliphatic carbocycles. The summed E-state index contributed by atoms with van der Waals surface area (Å²) in [6.07, 6.45) is 0.736. The average Bonchev–Trinajstić information content (AvgIpc) is 2.74. The van der Waals surface area contributed by atoms with Gasteiger partial charge in [-0.2, -0.15) is 0 Å². The lowest BCUT2D eigenvalue weighted by Crippen LogP contribution is -2.40. The third-order valence-electron chi connectivity index (χ3n) is 4.75. The van der Waals surface area contributed by atoms with E-state index in [-0.39, 0.29) is 18.4 Å². The summed E-state index contributed by atoms with van der Waals surface area (Å²) >= 11 is 3.40. The van der Waals surface area contributed by atoms with Gasteiger partial charge in [0.2, 0.25) is 0 Å². The molecule has 6 heteroatoms. The number of hydrogen-bond donors (Lipinski definition) is 1. The van der Waals surface area contributed by atoms with Gasteiger partial charge in [0.15, 0.2) is 6.61 Å². The number of ether oxygens (including phenoxy) is 1. The lowest BCUT2D eigenvalue weighted by Gasteiger charge is -2.30. The second kappa shape index (κ2) is 8.49. The fourth-order valence-corrected chi connectivity index (χ4v) is 3.72. The van der Waals surface area contributed by atoms with E-state index in [1.165, 1.54) is 0 Å². The first-order chi connectivity index (χ1) is 14.1. The lowest BCUT2D eigenvalue weighted by atomic mass is 10.1. The second-order valence-corrected chi connectivity index (χ2v) is 7.54. The molecule has 0 radical (unpaired) electrons. The van der Waals surface area contributed by atoms with E-state index >= 15 is 0 Å². The quantitative estimate of drug-likeness (QED) is 0.614. The Morgan fingerprint density at radius 2 is 1.79 bits per heavy atom. The predicted octanol–water partition coefficient (Wildman–Crippen LogP) is 4.67. The highest BCUT2D eigenvalue weighted by Gasteiger charge is 2.26. The van der Waals surface area contributed by atoms with E-state index in [1.54, 1.807) is 29.2 Å². The standard InChI is InChI=1S/C23H19BrN2O3/c24-19-9-5-4-8-18(19)23(28)25-17-10-11-21-20(14-17)26(22(27)15-29-21)13-12-16-6-2-1-3-7-16/h1-11,14H,12-13,15H2,(H,25,28). The van der Waals surface area contributed by atoms with Crippen LogP contribution >= 0.6 is 15.9 Å². The predicted molar refractivity (Wildman–Crippen MR) is 117 cm³/mol. The molecule has 0 spiro atoms. The molecule has 1 aliphatic heterocycles. The first kappa shape index (κ1) is 19.2. The van der Waals surface area contributed by atoms with Crippen LogP contribution in [0.1, 0.15) is 15.9 Å². The Kier molecular flexibility index (Phi) is 5.62. The zero-order valence-corrected chi connectivity index (χ0v) is 17.2. The summed E-state index contributed by atoms with van der Waals surface area (Å²) in [4.78, 5) is 26.8. The van der Waals surface area contributed by atoms with E-state index in [0.717, 1.165) is 16.5 Å². The van der Waals surface area contributed by atoms with Crippen molar-refractivity contribution in [1.82, 2.24) is 0 Å². The number of halogens is 1. The Morgan fingerprint density at radius 3 is 2.59 bits per heavy atom. The van der Waals surface area contributed by atoms with E-state index < -0.39 is 0 Å². The number of rotatable bonds is 5. The molecule has 0 aromatic heterocycles. The summed E-state index contributed by atoms with van der Waals surface area (Å²) in [7, 11) is 0.